The van der Waals surface area contributed by atoms with Crippen molar-refractivity contribution in [1.82, 2.24) is 14.9 Å². The van der Waals surface area contributed by atoms with Crippen molar-refractivity contribution < 1.29 is 4.42 Å². The first-order valence-corrected chi connectivity index (χ1v) is 9.76. The molecular weight excluding hydrogens is 366 g/mol. The molecular formula is C20H22ClN3OS. The van der Waals surface area contributed by atoms with Crippen LogP contribution in [0.15, 0.2) is 40.3 Å². The molecule has 1 aliphatic heterocycles. The topological polar surface area (TPSA) is 45.1 Å². The van der Waals surface area contributed by atoms with Crippen LogP contribution in [-0.2, 0) is 6.42 Å². The Morgan fingerprint density at radius 2 is 2.12 bits per heavy atom. The summed E-state index contributed by atoms with van der Waals surface area (Å²) in [6.45, 7) is 2.32. The summed E-state index contributed by atoms with van der Waals surface area (Å²) in [5, 5.41) is 3.36. The van der Waals surface area contributed by atoms with Crippen LogP contribution in [-0.4, -0.2) is 35.0 Å². The van der Waals surface area contributed by atoms with E-state index in [1.807, 2.05) is 6.07 Å². The van der Waals surface area contributed by atoms with Crippen molar-refractivity contribution in [1.29, 1.82) is 0 Å². The molecule has 1 fully saturated rings. The van der Waals surface area contributed by atoms with Crippen molar-refractivity contribution >= 4 is 45.7 Å². The predicted molar refractivity (Wildman–Crippen MR) is 110 cm³/mol. The number of H-pyrrole nitrogens is 1. The maximum atomic E-state index is 6.05. The minimum atomic E-state index is 0. The van der Waals surface area contributed by atoms with Gasteiger partial charge in [0.2, 0.25) is 5.89 Å². The lowest BCUT2D eigenvalue weighted by Gasteiger charge is -2.28. The van der Waals surface area contributed by atoms with E-state index in [0.29, 0.717) is 5.92 Å². The molecule has 26 heavy (non-hydrogen) atoms. The van der Waals surface area contributed by atoms with Crippen LogP contribution in [0.3, 0.4) is 0 Å². The third-order valence-electron chi connectivity index (χ3n) is 5.34. The van der Waals surface area contributed by atoms with Gasteiger partial charge in [0.25, 0.3) is 0 Å². The Morgan fingerprint density at radius 3 is 2.88 bits per heavy atom. The van der Waals surface area contributed by atoms with Gasteiger partial charge in [-0.15, -0.1) is 23.7 Å². The van der Waals surface area contributed by atoms with E-state index >= 15 is 0 Å². The molecule has 1 saturated heterocycles. The lowest BCUT2D eigenvalue weighted by atomic mass is 9.89. The minimum Gasteiger partial charge on any atom is -0.440 e. The molecule has 0 radical (unpaired) electrons. The van der Waals surface area contributed by atoms with E-state index in [2.05, 4.69) is 46.7 Å². The maximum absolute atomic E-state index is 6.05. The third kappa shape index (κ3) is 3.04. The Hall–Kier alpha value is -1.82. The van der Waals surface area contributed by atoms with E-state index in [4.69, 9.17) is 9.40 Å². The Balaban J connectivity index is 0.00000168. The molecule has 0 aliphatic carbocycles. The molecule has 3 aromatic heterocycles. The summed E-state index contributed by atoms with van der Waals surface area (Å²) < 4.78 is 6.05. The van der Waals surface area contributed by atoms with Crippen LogP contribution >= 0.6 is 23.7 Å². The van der Waals surface area contributed by atoms with Crippen molar-refractivity contribution in [3.63, 3.8) is 0 Å². The molecule has 5 rings (SSSR count). The summed E-state index contributed by atoms with van der Waals surface area (Å²) in [6.07, 6.45) is 5.37. The molecule has 136 valence electrons. The first-order chi connectivity index (χ1) is 12.3. The number of rotatable bonds is 3. The zero-order chi connectivity index (χ0) is 16.8. The number of piperidine rings is 1. The first-order valence-electron chi connectivity index (χ1n) is 8.88. The summed E-state index contributed by atoms with van der Waals surface area (Å²) in [5.74, 6) is 1.41. The number of fused-ring (bicyclic) bond motifs is 3. The number of benzene rings is 1. The first kappa shape index (κ1) is 17.6. The highest BCUT2D eigenvalue weighted by Gasteiger charge is 2.23. The van der Waals surface area contributed by atoms with E-state index in [1.54, 1.807) is 11.3 Å². The van der Waals surface area contributed by atoms with E-state index < -0.39 is 0 Å². The number of nitrogens with one attached hydrogen (secondary N) is 1. The van der Waals surface area contributed by atoms with Gasteiger partial charge in [0.05, 0.1) is 6.42 Å². The molecule has 4 nitrogen and oxygen atoms in total. The zero-order valence-corrected chi connectivity index (χ0v) is 16.3. The van der Waals surface area contributed by atoms with Gasteiger partial charge in [0.1, 0.15) is 5.52 Å². The maximum Gasteiger partial charge on any atom is 0.200 e. The van der Waals surface area contributed by atoms with Gasteiger partial charge in [-0.05, 0) is 68.0 Å². The van der Waals surface area contributed by atoms with Gasteiger partial charge in [-0.2, -0.15) is 0 Å². The SMILES string of the molecule is CN1CCC(c2c[nH]c3ccc4oc(Cc5cccs5)nc4c23)CC1.Cl. The molecule has 0 amide bonds. The molecule has 0 atom stereocenters. The van der Waals surface area contributed by atoms with Crippen LogP contribution in [0.25, 0.3) is 22.0 Å². The van der Waals surface area contributed by atoms with Crippen LogP contribution in [0.5, 0.6) is 0 Å². The molecule has 4 aromatic rings. The van der Waals surface area contributed by atoms with E-state index in [0.717, 1.165) is 42.0 Å². The highest BCUT2D eigenvalue weighted by Crippen LogP contribution is 2.36. The molecule has 0 unspecified atom stereocenters. The Morgan fingerprint density at radius 1 is 1.27 bits per heavy atom. The molecule has 6 heteroatoms. The average molecular weight is 388 g/mol. The number of hydrogen-bond acceptors (Lipinski definition) is 4. The lowest BCUT2D eigenvalue weighted by Crippen LogP contribution is -2.29. The fraction of sp³-hybridized carbons (Fsp3) is 0.350. The summed E-state index contributed by atoms with van der Waals surface area (Å²) in [4.78, 5) is 12.0. The van der Waals surface area contributed by atoms with Crippen LogP contribution < -0.4 is 0 Å². The van der Waals surface area contributed by atoms with E-state index in [-0.39, 0.29) is 12.4 Å². The van der Waals surface area contributed by atoms with Crippen molar-refractivity contribution in [2.45, 2.75) is 25.2 Å². The second-order valence-electron chi connectivity index (χ2n) is 7.02. The van der Waals surface area contributed by atoms with Crippen molar-refractivity contribution in [3.05, 3.63) is 52.2 Å². The molecule has 1 N–H and O–H groups in total. The number of hydrogen-bond donors (Lipinski definition) is 1. The standard InChI is InChI=1S/C20H21N3OS.ClH/c1-23-8-6-13(7-9-23)15-12-21-16-4-5-17-20(19(15)16)22-18(24-17)11-14-3-2-10-25-14;/h2-5,10,12-13,21H,6-9,11H2,1H3;1H. The Labute approximate surface area is 162 Å². The normalized spacial score (nSPS) is 16.3. The highest BCUT2D eigenvalue weighted by molar-refractivity contribution is 7.09. The number of nitrogens with zero attached hydrogens (tertiary/aromatic N) is 2. The van der Waals surface area contributed by atoms with Crippen LogP contribution in [0.1, 0.15) is 35.1 Å². The quantitative estimate of drug-likeness (QED) is 0.526. The third-order valence-corrected chi connectivity index (χ3v) is 6.22. The number of likely N-dealkylation sites (tertiary alicyclic amines) is 1. The molecule has 1 aliphatic rings. The fourth-order valence-corrected chi connectivity index (χ4v) is 4.66. The molecule has 4 heterocycles. The molecule has 1 aromatic carbocycles. The van der Waals surface area contributed by atoms with Crippen molar-refractivity contribution in [3.8, 4) is 0 Å². The van der Waals surface area contributed by atoms with Crippen LogP contribution in [0, 0.1) is 0 Å². The molecule has 0 spiro atoms. The number of aromatic nitrogens is 2. The predicted octanol–water partition coefficient (Wildman–Crippen LogP) is 5.19. The molecule has 0 bridgehead atoms. The van der Waals surface area contributed by atoms with E-state index in [9.17, 15) is 0 Å². The van der Waals surface area contributed by atoms with Crippen molar-refractivity contribution in [2.24, 2.45) is 0 Å². The van der Waals surface area contributed by atoms with Gasteiger partial charge in [-0.3, -0.25) is 0 Å². The second-order valence-corrected chi connectivity index (χ2v) is 8.05. The second kappa shape index (κ2) is 7.06. The van der Waals surface area contributed by atoms with Crippen LogP contribution in [0.2, 0.25) is 0 Å². The Kier molecular flexibility index (Phi) is 4.78. The summed E-state index contributed by atoms with van der Waals surface area (Å²) in [6, 6.07) is 8.37. The fourth-order valence-electron chi connectivity index (χ4n) is 3.96. The largest absolute Gasteiger partial charge is 0.440 e. The highest BCUT2D eigenvalue weighted by atomic mass is 35.5. The van der Waals surface area contributed by atoms with Gasteiger partial charge >= 0.3 is 0 Å². The monoisotopic (exact) mass is 387 g/mol. The smallest absolute Gasteiger partial charge is 0.200 e. The number of oxazole rings is 1. The zero-order valence-electron chi connectivity index (χ0n) is 14.7. The Bertz CT molecular complexity index is 1010. The molecule has 0 saturated carbocycles. The number of halogens is 1. The average Bonchev–Trinajstić information content (AvgIpc) is 3.33. The number of thiophene rings is 1. The minimum absolute atomic E-state index is 0. The van der Waals surface area contributed by atoms with Crippen LogP contribution in [0.4, 0.5) is 0 Å². The summed E-state index contributed by atoms with van der Waals surface area (Å²) in [5.41, 5.74) is 4.48. The summed E-state index contributed by atoms with van der Waals surface area (Å²) in [7, 11) is 2.21. The van der Waals surface area contributed by atoms with Gasteiger partial charge in [0.15, 0.2) is 5.58 Å². The van der Waals surface area contributed by atoms with Gasteiger partial charge in [-0.25, -0.2) is 4.98 Å². The number of aromatic amines is 1. The van der Waals surface area contributed by atoms with Gasteiger partial charge in [-0.1, -0.05) is 6.07 Å². The van der Waals surface area contributed by atoms with E-state index in [1.165, 1.54) is 28.7 Å². The summed E-state index contributed by atoms with van der Waals surface area (Å²) >= 11 is 1.75. The van der Waals surface area contributed by atoms with Gasteiger partial charge in [0, 0.05) is 22.0 Å². The van der Waals surface area contributed by atoms with Crippen molar-refractivity contribution in [2.75, 3.05) is 20.1 Å². The lowest BCUT2D eigenvalue weighted by molar-refractivity contribution is 0.256. The van der Waals surface area contributed by atoms with Gasteiger partial charge < -0.3 is 14.3 Å².